The topological polar surface area (TPSA) is 113 Å². The van der Waals surface area contributed by atoms with Gasteiger partial charge in [-0.1, -0.05) is 26.3 Å². The number of fused-ring (bicyclic) bond motifs is 3. The molecule has 8 rings (SSSR count). The zero-order chi connectivity index (χ0) is 34.1. The van der Waals surface area contributed by atoms with Gasteiger partial charge in [-0.3, -0.25) is 9.58 Å². The summed E-state index contributed by atoms with van der Waals surface area (Å²) in [6.45, 7) is 10.9. The molecule has 258 valence electrons. The molecule has 3 atom stereocenters. The van der Waals surface area contributed by atoms with Crippen molar-refractivity contribution in [2.24, 2.45) is 0 Å². The summed E-state index contributed by atoms with van der Waals surface area (Å²) in [6, 6.07) is 8.61. The molecule has 4 aromatic rings. The first-order chi connectivity index (χ1) is 23.8. The Morgan fingerprint density at radius 2 is 2.04 bits per heavy atom. The lowest BCUT2D eigenvalue weighted by atomic mass is 9.78. The molecule has 3 unspecified atom stereocenters. The van der Waals surface area contributed by atoms with E-state index in [0.717, 1.165) is 111 Å². The van der Waals surface area contributed by atoms with Crippen molar-refractivity contribution in [3.8, 4) is 16.8 Å². The van der Waals surface area contributed by atoms with Crippen LogP contribution in [-0.2, 0) is 38.8 Å². The first kappa shape index (κ1) is 33.6. The highest BCUT2D eigenvalue weighted by Gasteiger charge is 2.44. The zero-order valence-corrected chi connectivity index (χ0v) is 29.9. The lowest BCUT2D eigenvalue weighted by molar-refractivity contribution is 0.217. The summed E-state index contributed by atoms with van der Waals surface area (Å²) in [6.07, 6.45) is 11.0. The van der Waals surface area contributed by atoms with Crippen LogP contribution in [0.2, 0.25) is 0 Å². The Hall–Kier alpha value is -3.88. The molecule has 0 amide bonds. The summed E-state index contributed by atoms with van der Waals surface area (Å²) in [5.74, 6) is 2.19. The second-order valence-corrected chi connectivity index (χ2v) is 15.2. The Kier molecular flexibility index (Phi) is 9.71. The predicted molar refractivity (Wildman–Crippen MR) is 193 cm³/mol. The minimum absolute atomic E-state index is 0.232. The molecule has 9 nitrogen and oxygen atoms in total. The summed E-state index contributed by atoms with van der Waals surface area (Å²) in [5, 5.41) is 17.8. The number of nitrogens with zero attached hydrogens (tertiary/aromatic N) is 8. The molecule has 49 heavy (non-hydrogen) atoms. The summed E-state index contributed by atoms with van der Waals surface area (Å²) >= 11 is 1.62. The van der Waals surface area contributed by atoms with Crippen LogP contribution >= 0.6 is 11.3 Å². The average molecular weight is 682 g/mol. The maximum absolute atomic E-state index is 12.8. The maximum atomic E-state index is 12.8. The fraction of sp³-hybridized carbons (Fsp3) is 0.553. The van der Waals surface area contributed by atoms with Crippen molar-refractivity contribution in [2.75, 3.05) is 30.3 Å². The van der Waals surface area contributed by atoms with Gasteiger partial charge in [-0.25, -0.2) is 19.3 Å². The SMILES string of the molecule is CC12CCCN1CC(F)C2.CCCc1ccc(N)c(C#N)c1C1CCc2c(nc(CC)nc2N2CCCn3nc(-c4nccs4)cc3C2)C1. The number of halogens is 1. The van der Waals surface area contributed by atoms with Gasteiger partial charge in [-0.2, -0.15) is 10.4 Å². The number of benzene rings is 1. The molecule has 0 bridgehead atoms. The normalized spacial score (nSPS) is 23.2. The Balaban J connectivity index is 0.000000322. The van der Waals surface area contributed by atoms with E-state index in [1.165, 1.54) is 29.7 Å². The van der Waals surface area contributed by atoms with Crippen LogP contribution in [0, 0.1) is 11.3 Å². The van der Waals surface area contributed by atoms with Crippen LogP contribution in [0.1, 0.15) is 105 Å². The highest BCUT2D eigenvalue weighted by atomic mass is 32.1. The van der Waals surface area contributed by atoms with Gasteiger partial charge in [-0.15, -0.1) is 11.3 Å². The quantitative estimate of drug-likeness (QED) is 0.216. The molecule has 6 heterocycles. The van der Waals surface area contributed by atoms with Crippen molar-refractivity contribution in [3.63, 3.8) is 0 Å². The van der Waals surface area contributed by atoms with E-state index < -0.39 is 6.17 Å². The maximum Gasteiger partial charge on any atom is 0.143 e. The number of hydrogen-bond donors (Lipinski definition) is 1. The van der Waals surface area contributed by atoms with E-state index in [1.807, 2.05) is 17.6 Å². The van der Waals surface area contributed by atoms with Gasteiger partial charge in [0.2, 0.25) is 0 Å². The second-order valence-electron chi connectivity index (χ2n) is 14.4. The third-order valence-electron chi connectivity index (χ3n) is 11.0. The van der Waals surface area contributed by atoms with E-state index in [0.29, 0.717) is 17.8 Å². The monoisotopic (exact) mass is 681 g/mol. The smallest absolute Gasteiger partial charge is 0.143 e. The Morgan fingerprint density at radius 1 is 1.16 bits per heavy atom. The molecular weight excluding hydrogens is 634 g/mol. The number of aromatic nitrogens is 5. The molecule has 4 aliphatic rings. The number of anilines is 2. The Bertz CT molecular complexity index is 1830. The number of nitrogens with two attached hydrogens (primary N) is 1. The van der Waals surface area contributed by atoms with Crippen molar-refractivity contribution in [2.45, 2.75) is 116 Å². The van der Waals surface area contributed by atoms with Gasteiger partial charge in [0.05, 0.1) is 23.5 Å². The molecule has 2 N–H and O–H groups in total. The van der Waals surface area contributed by atoms with E-state index in [2.05, 4.69) is 58.4 Å². The van der Waals surface area contributed by atoms with Gasteiger partial charge in [0, 0.05) is 54.4 Å². The van der Waals surface area contributed by atoms with Crippen LogP contribution in [0.4, 0.5) is 15.9 Å². The van der Waals surface area contributed by atoms with Crippen LogP contribution in [0.3, 0.4) is 0 Å². The van der Waals surface area contributed by atoms with Gasteiger partial charge >= 0.3 is 0 Å². The largest absolute Gasteiger partial charge is 0.398 e. The summed E-state index contributed by atoms with van der Waals surface area (Å²) in [5.41, 5.74) is 14.7. The van der Waals surface area contributed by atoms with Gasteiger partial charge in [0.15, 0.2) is 0 Å². The van der Waals surface area contributed by atoms with Gasteiger partial charge in [0.25, 0.3) is 0 Å². The summed E-state index contributed by atoms with van der Waals surface area (Å²) in [7, 11) is 0. The molecule has 2 fully saturated rings. The third-order valence-corrected chi connectivity index (χ3v) is 11.8. The number of hydrogen-bond acceptors (Lipinski definition) is 9. The van der Waals surface area contributed by atoms with E-state index >= 15 is 0 Å². The number of rotatable bonds is 6. The van der Waals surface area contributed by atoms with Crippen LogP contribution in [0.5, 0.6) is 0 Å². The molecule has 0 spiro atoms. The van der Waals surface area contributed by atoms with Crippen molar-refractivity contribution >= 4 is 22.8 Å². The first-order valence-electron chi connectivity index (χ1n) is 18.1. The van der Waals surface area contributed by atoms with E-state index in [1.54, 1.807) is 11.3 Å². The van der Waals surface area contributed by atoms with Crippen LogP contribution in [0.15, 0.2) is 29.8 Å². The van der Waals surface area contributed by atoms with Crippen molar-refractivity contribution < 1.29 is 4.39 Å². The van der Waals surface area contributed by atoms with Crippen LogP contribution in [0.25, 0.3) is 10.7 Å². The van der Waals surface area contributed by atoms with E-state index in [9.17, 15) is 9.65 Å². The van der Waals surface area contributed by atoms with E-state index in [4.69, 9.17) is 20.8 Å². The predicted octanol–water partition coefficient (Wildman–Crippen LogP) is 7.03. The average Bonchev–Trinajstić information content (AvgIpc) is 3.87. The number of nitrogen functional groups attached to an aromatic ring is 1. The fourth-order valence-corrected chi connectivity index (χ4v) is 9.16. The molecule has 1 aromatic carbocycles. The van der Waals surface area contributed by atoms with Crippen LogP contribution < -0.4 is 10.6 Å². The fourth-order valence-electron chi connectivity index (χ4n) is 8.57. The molecule has 0 radical (unpaired) electrons. The lowest BCUT2D eigenvalue weighted by Gasteiger charge is -2.31. The number of thiazole rings is 1. The summed E-state index contributed by atoms with van der Waals surface area (Å²) < 4.78 is 15.0. The molecule has 2 saturated heterocycles. The summed E-state index contributed by atoms with van der Waals surface area (Å²) in [4.78, 5) is 19.3. The molecule has 3 aromatic heterocycles. The van der Waals surface area contributed by atoms with Gasteiger partial charge < -0.3 is 10.6 Å². The van der Waals surface area contributed by atoms with Crippen molar-refractivity contribution in [1.82, 2.24) is 29.6 Å². The number of aryl methyl sites for hydroxylation is 3. The molecule has 0 saturated carbocycles. The van der Waals surface area contributed by atoms with Crippen molar-refractivity contribution in [3.05, 3.63) is 69.2 Å². The standard InChI is InChI=1S/C30H34N8S.C8H14FN/c1-3-6-19-8-10-24(32)23(17-31)28(19)20-7-9-22-25(15-20)34-27(4-2)35-29(22)37-12-5-13-38-21(18-37)16-26(36-38)30-33-11-14-39-30;1-8-3-2-4-10(8)6-7(9)5-8/h8,10-11,14,16,20H,3-7,9,12-13,15,18,32H2,1-2H3;7H,2-6H2,1H3. The molecule has 11 heteroatoms. The van der Waals surface area contributed by atoms with Crippen molar-refractivity contribution in [1.29, 1.82) is 5.26 Å². The molecule has 1 aliphatic carbocycles. The molecule has 3 aliphatic heterocycles. The Morgan fingerprint density at radius 3 is 2.80 bits per heavy atom. The highest BCUT2D eigenvalue weighted by Crippen LogP contribution is 2.41. The number of nitriles is 1. The lowest BCUT2D eigenvalue weighted by Crippen LogP contribution is -2.34. The van der Waals surface area contributed by atoms with E-state index in [-0.39, 0.29) is 11.5 Å². The first-order valence-corrected chi connectivity index (χ1v) is 19.0. The number of alkyl halides is 1. The Labute approximate surface area is 293 Å². The highest BCUT2D eigenvalue weighted by molar-refractivity contribution is 7.13. The van der Waals surface area contributed by atoms with Gasteiger partial charge in [-0.05, 0) is 94.0 Å². The minimum atomic E-state index is -0.551. The van der Waals surface area contributed by atoms with Crippen LogP contribution in [-0.4, -0.2) is 61.0 Å². The van der Waals surface area contributed by atoms with Gasteiger partial charge in [0.1, 0.15) is 34.6 Å². The second kappa shape index (κ2) is 14.2. The third kappa shape index (κ3) is 6.70. The zero-order valence-electron chi connectivity index (χ0n) is 29.1. The molecular formula is C38H48FN9S. The minimum Gasteiger partial charge on any atom is -0.398 e.